The largest absolute Gasteiger partial charge is 0.497 e. The molecule has 2 aromatic rings. The monoisotopic (exact) mass is 348 g/mol. The first-order chi connectivity index (χ1) is 11.4. The molecule has 0 radical (unpaired) electrons. The van der Waals surface area contributed by atoms with E-state index in [1.165, 1.54) is 0 Å². The zero-order chi connectivity index (χ0) is 17.7. The highest BCUT2D eigenvalue weighted by molar-refractivity contribution is 7.13. The lowest BCUT2D eigenvalue weighted by Gasteiger charge is -2.11. The highest BCUT2D eigenvalue weighted by Gasteiger charge is 2.19. The molecule has 0 aliphatic rings. The van der Waals surface area contributed by atoms with Gasteiger partial charge in [0.15, 0.2) is 0 Å². The maximum atomic E-state index is 12.1. The van der Waals surface area contributed by atoms with E-state index in [4.69, 9.17) is 9.84 Å². The summed E-state index contributed by atoms with van der Waals surface area (Å²) >= 11 is 1.10. The van der Waals surface area contributed by atoms with Gasteiger partial charge in [-0.2, -0.15) is 0 Å². The van der Waals surface area contributed by atoms with E-state index < -0.39 is 5.97 Å². The van der Waals surface area contributed by atoms with Crippen molar-refractivity contribution in [2.45, 2.75) is 32.7 Å². The molecule has 1 atom stereocenters. The van der Waals surface area contributed by atoms with E-state index in [-0.39, 0.29) is 16.8 Å². The Balaban J connectivity index is 1.91. The topological polar surface area (TPSA) is 88.5 Å². The van der Waals surface area contributed by atoms with Crippen LogP contribution >= 0.6 is 11.3 Å². The standard InChI is InChI=1S/C17H20N2O4S/c1-10-15(17(21)22)24-16(19-10)11(2)18-14(20)8-7-12-5-4-6-13(9-12)23-3/h4-6,9,11H,7-8H2,1-3H3,(H,18,20)(H,21,22). The lowest BCUT2D eigenvalue weighted by atomic mass is 10.1. The first kappa shape index (κ1) is 17.9. The molecule has 0 spiro atoms. The zero-order valence-corrected chi connectivity index (χ0v) is 14.6. The van der Waals surface area contributed by atoms with Crippen molar-refractivity contribution >= 4 is 23.2 Å². The molecule has 128 valence electrons. The maximum absolute atomic E-state index is 12.1. The van der Waals surface area contributed by atoms with Gasteiger partial charge in [-0.05, 0) is 38.0 Å². The van der Waals surface area contributed by atoms with Crippen molar-refractivity contribution in [1.82, 2.24) is 10.3 Å². The van der Waals surface area contributed by atoms with Gasteiger partial charge in [0, 0.05) is 6.42 Å². The van der Waals surface area contributed by atoms with E-state index in [0.29, 0.717) is 23.5 Å². The Bertz CT molecular complexity index is 742. The molecule has 1 aromatic carbocycles. The van der Waals surface area contributed by atoms with Crippen LogP contribution in [0.15, 0.2) is 24.3 Å². The smallest absolute Gasteiger partial charge is 0.347 e. The number of benzene rings is 1. The Labute approximate surface area is 144 Å². The summed E-state index contributed by atoms with van der Waals surface area (Å²) in [6.45, 7) is 3.45. The number of ether oxygens (including phenoxy) is 1. The van der Waals surface area contributed by atoms with E-state index in [2.05, 4.69) is 10.3 Å². The van der Waals surface area contributed by atoms with Gasteiger partial charge in [-0.25, -0.2) is 9.78 Å². The van der Waals surface area contributed by atoms with Gasteiger partial charge in [-0.3, -0.25) is 4.79 Å². The zero-order valence-electron chi connectivity index (χ0n) is 13.8. The number of hydrogen-bond donors (Lipinski definition) is 2. The van der Waals surface area contributed by atoms with Crippen LogP contribution in [0.4, 0.5) is 0 Å². The van der Waals surface area contributed by atoms with Gasteiger partial charge in [0.2, 0.25) is 5.91 Å². The van der Waals surface area contributed by atoms with E-state index in [1.807, 2.05) is 24.3 Å². The Morgan fingerprint density at radius 3 is 2.79 bits per heavy atom. The second kappa shape index (κ2) is 7.92. The lowest BCUT2D eigenvalue weighted by Crippen LogP contribution is -2.26. The van der Waals surface area contributed by atoms with E-state index in [9.17, 15) is 9.59 Å². The molecule has 24 heavy (non-hydrogen) atoms. The molecule has 2 N–H and O–H groups in total. The lowest BCUT2D eigenvalue weighted by molar-refractivity contribution is -0.121. The highest BCUT2D eigenvalue weighted by Crippen LogP contribution is 2.23. The number of methoxy groups -OCH3 is 1. The Hall–Kier alpha value is -2.41. The minimum Gasteiger partial charge on any atom is -0.497 e. The SMILES string of the molecule is COc1cccc(CCC(=O)NC(C)c2nc(C)c(C(=O)O)s2)c1. The Kier molecular flexibility index (Phi) is 5.92. The van der Waals surface area contributed by atoms with Crippen molar-refractivity contribution < 1.29 is 19.4 Å². The van der Waals surface area contributed by atoms with Crippen LogP contribution in [-0.4, -0.2) is 29.1 Å². The Morgan fingerprint density at radius 1 is 1.42 bits per heavy atom. The highest BCUT2D eigenvalue weighted by atomic mass is 32.1. The third-order valence-electron chi connectivity index (χ3n) is 3.53. The predicted molar refractivity (Wildman–Crippen MR) is 91.7 cm³/mol. The first-order valence-electron chi connectivity index (χ1n) is 7.53. The van der Waals surface area contributed by atoms with Gasteiger partial charge in [-0.1, -0.05) is 12.1 Å². The number of rotatable bonds is 7. The molecule has 0 aliphatic carbocycles. The second-order valence-corrected chi connectivity index (χ2v) is 6.44. The van der Waals surface area contributed by atoms with Crippen molar-refractivity contribution in [2.75, 3.05) is 7.11 Å². The molecule has 0 fully saturated rings. The van der Waals surface area contributed by atoms with Gasteiger partial charge < -0.3 is 15.2 Å². The van der Waals surface area contributed by atoms with Gasteiger partial charge >= 0.3 is 5.97 Å². The van der Waals surface area contributed by atoms with Crippen molar-refractivity contribution in [3.63, 3.8) is 0 Å². The summed E-state index contributed by atoms with van der Waals surface area (Å²) in [5, 5.41) is 12.5. The average molecular weight is 348 g/mol. The molecule has 1 unspecified atom stereocenters. The summed E-state index contributed by atoms with van der Waals surface area (Å²) in [6, 6.07) is 7.28. The minimum atomic E-state index is -0.993. The van der Waals surface area contributed by atoms with Crippen LogP contribution in [0.5, 0.6) is 5.75 Å². The number of nitrogens with zero attached hydrogens (tertiary/aromatic N) is 1. The molecule has 1 aromatic heterocycles. The summed E-state index contributed by atoms with van der Waals surface area (Å²) < 4.78 is 5.16. The molecule has 6 nitrogen and oxygen atoms in total. The number of aromatic carboxylic acids is 1. The summed E-state index contributed by atoms with van der Waals surface area (Å²) in [5.74, 6) is -0.330. The van der Waals surface area contributed by atoms with Crippen LogP contribution in [0.3, 0.4) is 0 Å². The maximum Gasteiger partial charge on any atom is 0.347 e. The molecule has 0 saturated heterocycles. The predicted octanol–water partition coefficient (Wildman–Crippen LogP) is 2.97. The number of aromatic nitrogens is 1. The number of nitrogens with one attached hydrogen (secondary N) is 1. The normalized spacial score (nSPS) is 11.8. The first-order valence-corrected chi connectivity index (χ1v) is 8.35. The molecular weight excluding hydrogens is 328 g/mol. The van der Waals surface area contributed by atoms with Gasteiger partial charge in [0.1, 0.15) is 15.6 Å². The number of carbonyl (C=O) groups is 2. The van der Waals surface area contributed by atoms with Crippen molar-refractivity contribution in [1.29, 1.82) is 0 Å². The fraction of sp³-hybridized carbons (Fsp3) is 0.353. The summed E-state index contributed by atoms with van der Waals surface area (Å²) in [6.07, 6.45) is 0.945. The fourth-order valence-electron chi connectivity index (χ4n) is 2.26. The quantitative estimate of drug-likeness (QED) is 0.803. The number of aryl methyl sites for hydroxylation is 2. The molecule has 0 saturated carbocycles. The van der Waals surface area contributed by atoms with Crippen LogP contribution in [0.25, 0.3) is 0 Å². The van der Waals surface area contributed by atoms with Crippen molar-refractivity contribution in [3.8, 4) is 5.75 Å². The number of carboxylic acid groups (broad SMARTS) is 1. The number of carboxylic acids is 1. The molecule has 2 rings (SSSR count). The Morgan fingerprint density at radius 2 is 2.17 bits per heavy atom. The third kappa shape index (κ3) is 4.55. The van der Waals surface area contributed by atoms with Gasteiger partial charge in [0.05, 0.1) is 18.8 Å². The summed E-state index contributed by atoms with van der Waals surface area (Å²) in [5.41, 5.74) is 1.50. The fourth-order valence-corrected chi connectivity index (χ4v) is 3.17. The third-order valence-corrected chi connectivity index (χ3v) is 4.86. The van der Waals surface area contributed by atoms with Gasteiger partial charge in [-0.15, -0.1) is 11.3 Å². The molecule has 0 aliphatic heterocycles. The van der Waals surface area contributed by atoms with Gasteiger partial charge in [0.25, 0.3) is 0 Å². The molecular formula is C17H20N2O4S. The van der Waals surface area contributed by atoms with Crippen LogP contribution in [0.1, 0.15) is 45.3 Å². The number of amides is 1. The average Bonchev–Trinajstić information content (AvgIpc) is 2.95. The van der Waals surface area contributed by atoms with Crippen LogP contribution < -0.4 is 10.1 Å². The second-order valence-electron chi connectivity index (χ2n) is 5.41. The molecule has 1 heterocycles. The minimum absolute atomic E-state index is 0.102. The number of hydrogen-bond acceptors (Lipinski definition) is 5. The summed E-state index contributed by atoms with van der Waals surface area (Å²) in [7, 11) is 1.61. The molecule has 7 heteroatoms. The van der Waals surface area contributed by atoms with E-state index in [1.54, 1.807) is 21.0 Å². The van der Waals surface area contributed by atoms with Crippen LogP contribution in [-0.2, 0) is 11.2 Å². The molecule has 0 bridgehead atoms. The van der Waals surface area contributed by atoms with Crippen molar-refractivity contribution in [2.24, 2.45) is 0 Å². The molecule has 1 amide bonds. The summed E-state index contributed by atoms with van der Waals surface area (Å²) in [4.78, 5) is 27.6. The van der Waals surface area contributed by atoms with E-state index in [0.717, 1.165) is 22.6 Å². The van der Waals surface area contributed by atoms with Crippen LogP contribution in [0.2, 0.25) is 0 Å². The van der Waals surface area contributed by atoms with Crippen molar-refractivity contribution in [3.05, 3.63) is 45.4 Å². The van der Waals surface area contributed by atoms with E-state index >= 15 is 0 Å². The van der Waals surface area contributed by atoms with Crippen LogP contribution in [0, 0.1) is 6.92 Å². The number of carbonyl (C=O) groups excluding carboxylic acids is 1. The number of thiazole rings is 1.